The standard InChI is InChI=1S/C20H22FN7/c21-17-6-4-16(5-7-17)8-10-23-20-25-19(15-24-26-20)28-13-11-27(12-14-28)18-3-1-2-9-22-18/h1-7,9,15H,8,10-14H2,(H,23,25,26). The molecular formula is C20H22FN7. The third kappa shape index (κ3) is 4.51. The molecule has 1 saturated heterocycles. The molecule has 1 N–H and O–H groups in total. The molecule has 3 heterocycles. The van der Waals surface area contributed by atoms with Crippen molar-refractivity contribution < 1.29 is 4.39 Å². The zero-order chi connectivity index (χ0) is 19.2. The van der Waals surface area contributed by atoms with Crippen molar-refractivity contribution in [2.24, 2.45) is 0 Å². The summed E-state index contributed by atoms with van der Waals surface area (Å²) in [6.45, 7) is 4.13. The minimum atomic E-state index is -0.222. The molecule has 144 valence electrons. The van der Waals surface area contributed by atoms with Crippen LogP contribution in [0.25, 0.3) is 0 Å². The molecule has 8 heteroatoms. The van der Waals surface area contributed by atoms with Crippen LogP contribution in [0.15, 0.2) is 54.9 Å². The first-order valence-corrected chi connectivity index (χ1v) is 9.37. The molecule has 28 heavy (non-hydrogen) atoms. The Labute approximate surface area is 163 Å². The maximum absolute atomic E-state index is 13.0. The van der Waals surface area contributed by atoms with E-state index in [0.717, 1.165) is 49.8 Å². The Morgan fingerprint density at radius 3 is 2.39 bits per heavy atom. The Balaban J connectivity index is 1.31. The first-order valence-electron chi connectivity index (χ1n) is 9.37. The molecule has 0 radical (unpaired) electrons. The molecule has 4 rings (SSSR count). The van der Waals surface area contributed by atoms with Gasteiger partial charge in [-0.3, -0.25) is 0 Å². The van der Waals surface area contributed by atoms with Crippen molar-refractivity contribution in [1.29, 1.82) is 0 Å². The molecular weight excluding hydrogens is 357 g/mol. The summed E-state index contributed by atoms with van der Waals surface area (Å²) in [5.74, 6) is 2.11. The van der Waals surface area contributed by atoms with E-state index in [9.17, 15) is 4.39 Å². The lowest BCUT2D eigenvalue weighted by Crippen LogP contribution is -2.47. The number of nitrogens with one attached hydrogen (secondary N) is 1. The number of rotatable bonds is 6. The van der Waals surface area contributed by atoms with Crippen LogP contribution in [0, 0.1) is 5.82 Å². The van der Waals surface area contributed by atoms with E-state index in [4.69, 9.17) is 0 Å². The van der Waals surface area contributed by atoms with Crippen molar-refractivity contribution in [2.75, 3.05) is 47.8 Å². The summed E-state index contributed by atoms with van der Waals surface area (Å²) in [6.07, 6.45) is 4.28. The topological polar surface area (TPSA) is 70.1 Å². The Kier molecular flexibility index (Phi) is 5.56. The van der Waals surface area contributed by atoms with Crippen LogP contribution in [0.2, 0.25) is 0 Å². The number of anilines is 3. The molecule has 7 nitrogen and oxygen atoms in total. The van der Waals surface area contributed by atoms with Gasteiger partial charge in [0.1, 0.15) is 11.6 Å². The summed E-state index contributed by atoms with van der Waals surface area (Å²) in [6, 6.07) is 12.5. The SMILES string of the molecule is Fc1ccc(CCNc2nncc(N3CCN(c4ccccn4)CC3)n2)cc1. The fourth-order valence-electron chi connectivity index (χ4n) is 3.20. The van der Waals surface area contributed by atoms with E-state index in [0.29, 0.717) is 12.5 Å². The van der Waals surface area contributed by atoms with Crippen molar-refractivity contribution >= 4 is 17.6 Å². The number of benzene rings is 1. The quantitative estimate of drug-likeness (QED) is 0.705. The summed E-state index contributed by atoms with van der Waals surface area (Å²) in [7, 11) is 0. The maximum Gasteiger partial charge on any atom is 0.244 e. The lowest BCUT2D eigenvalue weighted by Gasteiger charge is -2.35. The average molecular weight is 379 g/mol. The van der Waals surface area contributed by atoms with Gasteiger partial charge in [-0.2, -0.15) is 10.1 Å². The number of nitrogens with zero attached hydrogens (tertiary/aromatic N) is 6. The van der Waals surface area contributed by atoms with E-state index in [1.54, 1.807) is 18.3 Å². The molecule has 3 aromatic rings. The zero-order valence-corrected chi connectivity index (χ0v) is 15.5. The van der Waals surface area contributed by atoms with E-state index in [1.807, 2.05) is 24.4 Å². The smallest absolute Gasteiger partial charge is 0.244 e. The van der Waals surface area contributed by atoms with Crippen molar-refractivity contribution in [3.63, 3.8) is 0 Å². The largest absolute Gasteiger partial charge is 0.353 e. The van der Waals surface area contributed by atoms with Crippen LogP contribution in [0.3, 0.4) is 0 Å². The van der Waals surface area contributed by atoms with Gasteiger partial charge in [0.2, 0.25) is 5.95 Å². The van der Waals surface area contributed by atoms with Crippen LogP contribution in [0.1, 0.15) is 5.56 Å². The van der Waals surface area contributed by atoms with Crippen LogP contribution < -0.4 is 15.1 Å². The lowest BCUT2D eigenvalue weighted by atomic mass is 10.1. The van der Waals surface area contributed by atoms with Gasteiger partial charge in [0.15, 0.2) is 5.82 Å². The second kappa shape index (κ2) is 8.60. The van der Waals surface area contributed by atoms with Crippen LogP contribution in [0.4, 0.5) is 22.0 Å². The highest BCUT2D eigenvalue weighted by Gasteiger charge is 2.19. The van der Waals surface area contributed by atoms with Gasteiger partial charge in [-0.15, -0.1) is 5.10 Å². The molecule has 0 saturated carbocycles. The van der Waals surface area contributed by atoms with Gasteiger partial charge in [-0.1, -0.05) is 18.2 Å². The van der Waals surface area contributed by atoms with Crippen LogP contribution >= 0.6 is 0 Å². The minimum absolute atomic E-state index is 0.222. The number of halogens is 1. The molecule has 1 aliphatic heterocycles. The summed E-state index contributed by atoms with van der Waals surface area (Å²) in [4.78, 5) is 13.5. The van der Waals surface area contributed by atoms with Crippen molar-refractivity contribution in [2.45, 2.75) is 6.42 Å². The van der Waals surface area contributed by atoms with Gasteiger partial charge in [0.25, 0.3) is 0 Å². The van der Waals surface area contributed by atoms with Crippen molar-refractivity contribution in [3.05, 3.63) is 66.2 Å². The second-order valence-corrected chi connectivity index (χ2v) is 6.60. The Morgan fingerprint density at radius 2 is 1.68 bits per heavy atom. The fourth-order valence-corrected chi connectivity index (χ4v) is 3.20. The van der Waals surface area contributed by atoms with Crippen LogP contribution in [-0.4, -0.2) is 52.9 Å². The molecule has 1 fully saturated rings. The average Bonchev–Trinajstić information content (AvgIpc) is 2.76. The number of aromatic nitrogens is 4. The van der Waals surface area contributed by atoms with E-state index in [2.05, 4.69) is 35.3 Å². The third-order valence-electron chi connectivity index (χ3n) is 4.73. The number of hydrogen-bond donors (Lipinski definition) is 1. The maximum atomic E-state index is 13.0. The highest BCUT2D eigenvalue weighted by atomic mass is 19.1. The first-order chi connectivity index (χ1) is 13.8. The highest BCUT2D eigenvalue weighted by molar-refractivity contribution is 5.45. The van der Waals surface area contributed by atoms with Gasteiger partial charge in [0.05, 0.1) is 6.20 Å². The van der Waals surface area contributed by atoms with E-state index >= 15 is 0 Å². The van der Waals surface area contributed by atoms with Gasteiger partial charge < -0.3 is 15.1 Å². The van der Waals surface area contributed by atoms with Gasteiger partial charge in [-0.25, -0.2) is 9.37 Å². The molecule has 0 bridgehead atoms. The number of pyridine rings is 1. The predicted octanol–water partition coefficient (Wildman–Crippen LogP) is 2.39. The summed E-state index contributed by atoms with van der Waals surface area (Å²) in [5.41, 5.74) is 1.06. The molecule has 0 atom stereocenters. The van der Waals surface area contributed by atoms with E-state index in [-0.39, 0.29) is 5.82 Å². The second-order valence-electron chi connectivity index (χ2n) is 6.60. The molecule has 1 aliphatic rings. The fraction of sp³-hybridized carbons (Fsp3) is 0.300. The lowest BCUT2D eigenvalue weighted by molar-refractivity contribution is 0.627. The summed E-state index contributed by atoms with van der Waals surface area (Å²) in [5, 5.41) is 11.3. The normalized spacial score (nSPS) is 14.2. The van der Waals surface area contributed by atoms with Crippen LogP contribution in [-0.2, 0) is 6.42 Å². The van der Waals surface area contributed by atoms with E-state index < -0.39 is 0 Å². The van der Waals surface area contributed by atoms with Gasteiger partial charge in [-0.05, 0) is 36.2 Å². The Hall–Kier alpha value is -3.29. The Morgan fingerprint density at radius 1 is 0.929 bits per heavy atom. The van der Waals surface area contributed by atoms with Crippen molar-refractivity contribution in [3.8, 4) is 0 Å². The monoisotopic (exact) mass is 379 g/mol. The zero-order valence-electron chi connectivity index (χ0n) is 15.5. The molecule has 0 aliphatic carbocycles. The third-order valence-corrected chi connectivity index (χ3v) is 4.73. The number of hydrogen-bond acceptors (Lipinski definition) is 7. The first kappa shape index (κ1) is 18.1. The predicted molar refractivity (Wildman–Crippen MR) is 107 cm³/mol. The molecule has 1 aromatic carbocycles. The van der Waals surface area contributed by atoms with E-state index in [1.165, 1.54) is 12.1 Å². The molecule has 0 unspecified atom stereocenters. The highest BCUT2D eigenvalue weighted by Crippen LogP contribution is 2.17. The number of piperazine rings is 1. The molecule has 0 amide bonds. The molecule has 2 aromatic heterocycles. The van der Waals surface area contributed by atoms with Crippen LogP contribution in [0.5, 0.6) is 0 Å². The van der Waals surface area contributed by atoms with Crippen molar-refractivity contribution in [1.82, 2.24) is 20.2 Å². The summed E-state index contributed by atoms with van der Waals surface area (Å²) >= 11 is 0. The minimum Gasteiger partial charge on any atom is -0.353 e. The van der Waals surface area contributed by atoms with Gasteiger partial charge >= 0.3 is 0 Å². The molecule has 0 spiro atoms. The van der Waals surface area contributed by atoms with Gasteiger partial charge in [0, 0.05) is 38.9 Å². The Bertz CT molecular complexity index is 881. The summed E-state index contributed by atoms with van der Waals surface area (Å²) < 4.78 is 13.0.